The molecule has 1 atom stereocenters. The molecule has 0 saturated carbocycles. The van der Waals surface area contributed by atoms with Crippen LogP contribution in [0.4, 0.5) is 0 Å². The number of benzene rings is 1. The van der Waals surface area contributed by atoms with Crippen molar-refractivity contribution in [3.05, 3.63) is 28.2 Å². The molecule has 0 aliphatic heterocycles. The van der Waals surface area contributed by atoms with Crippen LogP contribution in [0.2, 0.25) is 0 Å². The molecule has 90 valence electrons. The topological polar surface area (TPSA) is 29.5 Å². The van der Waals surface area contributed by atoms with Crippen LogP contribution in [0.15, 0.2) is 22.7 Å². The van der Waals surface area contributed by atoms with Gasteiger partial charge in [0.05, 0.1) is 12.7 Å². The lowest BCUT2D eigenvalue weighted by Gasteiger charge is -2.13. The maximum atomic E-state index is 9.98. The van der Waals surface area contributed by atoms with Crippen molar-refractivity contribution in [3.8, 4) is 5.75 Å². The largest absolute Gasteiger partial charge is 0.494 e. The van der Waals surface area contributed by atoms with Crippen LogP contribution in [0, 0.1) is 0 Å². The third-order valence-corrected chi connectivity index (χ3v) is 3.16. The second-order valence-corrected chi connectivity index (χ2v) is 4.63. The van der Waals surface area contributed by atoms with Gasteiger partial charge in [0.1, 0.15) is 5.75 Å². The van der Waals surface area contributed by atoms with E-state index in [1.165, 1.54) is 0 Å². The van der Waals surface area contributed by atoms with Gasteiger partial charge in [-0.05, 0) is 31.0 Å². The third-order valence-electron chi connectivity index (χ3n) is 2.47. The van der Waals surface area contributed by atoms with E-state index in [0.29, 0.717) is 6.61 Å². The molecule has 3 heteroatoms. The fourth-order valence-electron chi connectivity index (χ4n) is 1.59. The van der Waals surface area contributed by atoms with Gasteiger partial charge in [-0.25, -0.2) is 0 Å². The summed E-state index contributed by atoms with van der Waals surface area (Å²) in [6.45, 7) is 4.74. The van der Waals surface area contributed by atoms with Crippen LogP contribution < -0.4 is 4.74 Å². The van der Waals surface area contributed by atoms with E-state index in [1.807, 2.05) is 25.1 Å². The van der Waals surface area contributed by atoms with Gasteiger partial charge in [-0.3, -0.25) is 0 Å². The summed E-state index contributed by atoms with van der Waals surface area (Å²) >= 11 is 3.47. The van der Waals surface area contributed by atoms with Crippen LogP contribution in [-0.2, 0) is 0 Å². The van der Waals surface area contributed by atoms with E-state index in [9.17, 15) is 5.11 Å². The zero-order valence-corrected chi connectivity index (χ0v) is 11.5. The zero-order chi connectivity index (χ0) is 12.0. The van der Waals surface area contributed by atoms with Crippen LogP contribution in [0.3, 0.4) is 0 Å². The second-order valence-electron chi connectivity index (χ2n) is 3.77. The molecule has 1 N–H and O–H groups in total. The molecule has 2 nitrogen and oxygen atoms in total. The molecule has 0 aliphatic carbocycles. The molecule has 1 unspecified atom stereocenters. The van der Waals surface area contributed by atoms with Crippen LogP contribution in [0.25, 0.3) is 0 Å². The SMILES string of the molecule is CCCCC(O)c1ccc(OCC)cc1Br. The molecule has 0 fully saturated rings. The van der Waals surface area contributed by atoms with Gasteiger partial charge in [0, 0.05) is 4.47 Å². The minimum atomic E-state index is -0.384. The van der Waals surface area contributed by atoms with Crippen molar-refractivity contribution >= 4 is 15.9 Å². The van der Waals surface area contributed by atoms with E-state index in [0.717, 1.165) is 35.0 Å². The van der Waals surface area contributed by atoms with Crippen molar-refractivity contribution in [2.24, 2.45) is 0 Å². The first kappa shape index (κ1) is 13.5. The molecule has 0 heterocycles. The Kier molecular flexibility index (Phi) is 5.85. The summed E-state index contributed by atoms with van der Waals surface area (Å²) in [4.78, 5) is 0. The number of aliphatic hydroxyl groups is 1. The third kappa shape index (κ3) is 3.80. The smallest absolute Gasteiger partial charge is 0.120 e. The number of rotatable bonds is 6. The molecule has 0 aliphatic rings. The standard InChI is InChI=1S/C13H19BrO2/c1-3-5-6-13(15)11-8-7-10(16-4-2)9-12(11)14/h7-9,13,15H,3-6H2,1-2H3. The monoisotopic (exact) mass is 286 g/mol. The second kappa shape index (κ2) is 6.92. The Balaban J connectivity index is 2.73. The van der Waals surface area contributed by atoms with E-state index >= 15 is 0 Å². The van der Waals surface area contributed by atoms with Gasteiger partial charge in [-0.15, -0.1) is 0 Å². The van der Waals surface area contributed by atoms with Crippen molar-refractivity contribution < 1.29 is 9.84 Å². The quantitative estimate of drug-likeness (QED) is 0.854. The maximum absolute atomic E-state index is 9.98. The van der Waals surface area contributed by atoms with E-state index in [-0.39, 0.29) is 6.10 Å². The Morgan fingerprint density at radius 2 is 2.12 bits per heavy atom. The van der Waals surface area contributed by atoms with E-state index in [1.54, 1.807) is 0 Å². The van der Waals surface area contributed by atoms with Crippen molar-refractivity contribution in [2.75, 3.05) is 6.61 Å². The number of aliphatic hydroxyl groups excluding tert-OH is 1. The highest BCUT2D eigenvalue weighted by atomic mass is 79.9. The molecule has 0 radical (unpaired) electrons. The van der Waals surface area contributed by atoms with E-state index in [4.69, 9.17) is 4.74 Å². The van der Waals surface area contributed by atoms with Gasteiger partial charge in [-0.2, -0.15) is 0 Å². The molecule has 1 aromatic rings. The summed E-state index contributed by atoms with van der Waals surface area (Å²) in [7, 11) is 0. The van der Waals surface area contributed by atoms with Gasteiger partial charge in [0.2, 0.25) is 0 Å². The lowest BCUT2D eigenvalue weighted by atomic mass is 10.0. The molecule has 0 spiro atoms. The Labute approximate surface area is 106 Å². The molecule has 0 aromatic heterocycles. The van der Waals surface area contributed by atoms with Gasteiger partial charge in [0.15, 0.2) is 0 Å². The lowest BCUT2D eigenvalue weighted by Crippen LogP contribution is -1.99. The molecule has 16 heavy (non-hydrogen) atoms. The summed E-state index contributed by atoms with van der Waals surface area (Å²) in [5, 5.41) is 9.98. The summed E-state index contributed by atoms with van der Waals surface area (Å²) in [6, 6.07) is 5.74. The summed E-state index contributed by atoms with van der Waals surface area (Å²) < 4.78 is 6.31. The van der Waals surface area contributed by atoms with Gasteiger partial charge in [-0.1, -0.05) is 41.8 Å². The van der Waals surface area contributed by atoms with Crippen molar-refractivity contribution in [1.82, 2.24) is 0 Å². The Morgan fingerprint density at radius 3 is 2.69 bits per heavy atom. The Hall–Kier alpha value is -0.540. The van der Waals surface area contributed by atoms with Gasteiger partial charge in [0.25, 0.3) is 0 Å². The lowest BCUT2D eigenvalue weighted by molar-refractivity contribution is 0.163. The van der Waals surface area contributed by atoms with Crippen LogP contribution in [-0.4, -0.2) is 11.7 Å². The molecular formula is C13H19BrO2. The average Bonchev–Trinajstić information content (AvgIpc) is 2.26. The number of unbranched alkanes of at least 4 members (excludes halogenated alkanes) is 1. The minimum Gasteiger partial charge on any atom is -0.494 e. The number of ether oxygens (including phenoxy) is 1. The number of halogens is 1. The number of hydrogen-bond acceptors (Lipinski definition) is 2. The Bertz CT molecular complexity index is 326. The molecule has 0 amide bonds. The van der Waals surface area contributed by atoms with Crippen molar-refractivity contribution in [1.29, 1.82) is 0 Å². The minimum absolute atomic E-state index is 0.384. The molecule has 0 bridgehead atoms. The van der Waals surface area contributed by atoms with E-state index in [2.05, 4.69) is 22.9 Å². The van der Waals surface area contributed by atoms with Crippen LogP contribution in [0.1, 0.15) is 44.8 Å². The summed E-state index contributed by atoms with van der Waals surface area (Å²) in [5.74, 6) is 0.834. The first-order chi connectivity index (χ1) is 7.69. The predicted molar refractivity (Wildman–Crippen MR) is 69.8 cm³/mol. The summed E-state index contributed by atoms with van der Waals surface area (Å²) in [5.41, 5.74) is 0.942. The number of hydrogen-bond donors (Lipinski definition) is 1. The first-order valence-corrected chi connectivity index (χ1v) is 6.58. The molecule has 1 rings (SSSR count). The molecular weight excluding hydrogens is 268 g/mol. The Morgan fingerprint density at radius 1 is 1.38 bits per heavy atom. The van der Waals surface area contributed by atoms with Gasteiger partial charge >= 0.3 is 0 Å². The highest BCUT2D eigenvalue weighted by Gasteiger charge is 2.11. The first-order valence-electron chi connectivity index (χ1n) is 5.79. The highest BCUT2D eigenvalue weighted by molar-refractivity contribution is 9.10. The average molecular weight is 287 g/mol. The fraction of sp³-hybridized carbons (Fsp3) is 0.538. The molecule has 0 saturated heterocycles. The van der Waals surface area contributed by atoms with Crippen molar-refractivity contribution in [2.45, 2.75) is 39.2 Å². The zero-order valence-electron chi connectivity index (χ0n) is 9.87. The normalized spacial score (nSPS) is 12.5. The van der Waals surface area contributed by atoms with Gasteiger partial charge < -0.3 is 9.84 Å². The maximum Gasteiger partial charge on any atom is 0.120 e. The van der Waals surface area contributed by atoms with Crippen LogP contribution >= 0.6 is 15.9 Å². The summed E-state index contributed by atoms with van der Waals surface area (Å²) in [6.07, 6.45) is 2.57. The molecule has 1 aromatic carbocycles. The van der Waals surface area contributed by atoms with Crippen molar-refractivity contribution in [3.63, 3.8) is 0 Å². The predicted octanol–water partition coefficient (Wildman–Crippen LogP) is 4.07. The fourth-order valence-corrected chi connectivity index (χ4v) is 2.21. The van der Waals surface area contributed by atoms with Crippen LogP contribution in [0.5, 0.6) is 5.75 Å². The van der Waals surface area contributed by atoms with E-state index < -0.39 is 0 Å². The highest BCUT2D eigenvalue weighted by Crippen LogP contribution is 2.30.